The van der Waals surface area contributed by atoms with Gasteiger partial charge in [-0.25, -0.2) is 8.42 Å². The third-order valence-corrected chi connectivity index (χ3v) is 7.02. The molecule has 0 radical (unpaired) electrons. The molecule has 0 aromatic heterocycles. The first-order chi connectivity index (χ1) is 16.1. The second-order valence-corrected chi connectivity index (χ2v) is 10.5. The van der Waals surface area contributed by atoms with E-state index in [1.807, 2.05) is 64.1 Å². The fourth-order valence-electron chi connectivity index (χ4n) is 3.76. The Labute approximate surface area is 204 Å². The summed E-state index contributed by atoms with van der Waals surface area (Å²) in [5, 5.41) is 2.88. The maximum atomic E-state index is 13.6. The first-order valence-corrected chi connectivity index (χ1v) is 13.6. The summed E-state index contributed by atoms with van der Waals surface area (Å²) in [6, 6.07) is 14.4. The Balaban J connectivity index is 2.36. The Morgan fingerprint density at radius 1 is 1.00 bits per heavy atom. The van der Waals surface area contributed by atoms with E-state index in [1.54, 1.807) is 12.1 Å². The monoisotopic (exact) mass is 487 g/mol. The maximum absolute atomic E-state index is 13.6. The van der Waals surface area contributed by atoms with Crippen LogP contribution in [0.1, 0.15) is 43.4 Å². The topological polar surface area (TPSA) is 86.8 Å². The van der Waals surface area contributed by atoms with Crippen molar-refractivity contribution in [1.29, 1.82) is 0 Å². The van der Waals surface area contributed by atoms with Gasteiger partial charge in [0.1, 0.15) is 12.6 Å². The number of nitrogens with zero attached hydrogens (tertiary/aromatic N) is 2. The van der Waals surface area contributed by atoms with E-state index < -0.39 is 22.0 Å². The lowest BCUT2D eigenvalue weighted by Gasteiger charge is -2.33. The van der Waals surface area contributed by atoms with Crippen LogP contribution in [0.25, 0.3) is 0 Å². The third kappa shape index (κ3) is 7.58. The van der Waals surface area contributed by atoms with Gasteiger partial charge < -0.3 is 10.2 Å². The number of anilines is 1. The van der Waals surface area contributed by atoms with E-state index >= 15 is 0 Å². The van der Waals surface area contributed by atoms with Crippen molar-refractivity contribution in [2.24, 2.45) is 0 Å². The average Bonchev–Trinajstić information content (AvgIpc) is 2.80. The second kappa shape index (κ2) is 12.6. The molecule has 7 nitrogen and oxygen atoms in total. The summed E-state index contributed by atoms with van der Waals surface area (Å²) in [6.45, 7) is 8.14. The number of hydrogen-bond donors (Lipinski definition) is 1. The first kappa shape index (κ1) is 27.4. The van der Waals surface area contributed by atoms with Crippen molar-refractivity contribution in [2.75, 3.05) is 30.2 Å². The van der Waals surface area contributed by atoms with Gasteiger partial charge in [0.2, 0.25) is 21.8 Å². The first-order valence-electron chi connectivity index (χ1n) is 11.7. The largest absolute Gasteiger partial charge is 0.354 e. The van der Waals surface area contributed by atoms with E-state index in [4.69, 9.17) is 0 Å². The molecular formula is C26H37N3O4S. The van der Waals surface area contributed by atoms with Gasteiger partial charge in [-0.2, -0.15) is 0 Å². The van der Waals surface area contributed by atoms with Crippen LogP contribution in [0, 0.1) is 13.8 Å². The molecule has 0 unspecified atom stereocenters. The molecule has 0 saturated carbocycles. The number of benzene rings is 2. The van der Waals surface area contributed by atoms with Crippen LogP contribution >= 0.6 is 0 Å². The number of carbonyl (C=O) groups excluding carboxylic acids is 2. The lowest BCUT2D eigenvalue weighted by molar-refractivity contribution is -0.139. The smallest absolute Gasteiger partial charge is 0.244 e. The van der Waals surface area contributed by atoms with Crippen molar-refractivity contribution < 1.29 is 18.0 Å². The molecule has 34 heavy (non-hydrogen) atoms. The summed E-state index contributed by atoms with van der Waals surface area (Å²) >= 11 is 0. The van der Waals surface area contributed by atoms with Gasteiger partial charge in [-0.1, -0.05) is 50.2 Å². The molecule has 2 amide bonds. The maximum Gasteiger partial charge on any atom is 0.244 e. The van der Waals surface area contributed by atoms with E-state index in [2.05, 4.69) is 5.32 Å². The van der Waals surface area contributed by atoms with Gasteiger partial charge in [-0.05, 0) is 61.9 Å². The van der Waals surface area contributed by atoms with Gasteiger partial charge in [0.25, 0.3) is 0 Å². The third-order valence-electron chi connectivity index (χ3n) is 5.88. The highest BCUT2D eigenvalue weighted by Crippen LogP contribution is 2.22. The molecule has 0 aliphatic heterocycles. The molecule has 0 heterocycles. The number of sulfonamides is 1. The highest BCUT2D eigenvalue weighted by Gasteiger charge is 2.31. The minimum Gasteiger partial charge on any atom is -0.354 e. The quantitative estimate of drug-likeness (QED) is 0.497. The van der Waals surface area contributed by atoms with Crippen LogP contribution < -0.4 is 9.62 Å². The molecule has 2 rings (SSSR count). The number of aryl methyl sites for hydroxylation is 2. The molecule has 186 valence electrons. The van der Waals surface area contributed by atoms with Crippen LogP contribution in [0.3, 0.4) is 0 Å². The lowest BCUT2D eigenvalue weighted by atomic mass is 10.1. The molecule has 0 saturated heterocycles. The number of carbonyl (C=O) groups is 2. The lowest BCUT2D eigenvalue weighted by Crippen LogP contribution is -2.53. The van der Waals surface area contributed by atoms with Crippen molar-refractivity contribution in [3.8, 4) is 0 Å². The molecule has 0 fully saturated rings. The Hall–Kier alpha value is -2.87. The summed E-state index contributed by atoms with van der Waals surface area (Å²) in [5.41, 5.74) is 3.44. The van der Waals surface area contributed by atoms with E-state index in [-0.39, 0.29) is 12.5 Å². The molecular weight excluding hydrogens is 450 g/mol. The Kier molecular flexibility index (Phi) is 10.1. The number of hydrogen-bond acceptors (Lipinski definition) is 4. The van der Waals surface area contributed by atoms with Gasteiger partial charge in [0.15, 0.2) is 0 Å². The van der Waals surface area contributed by atoms with Crippen molar-refractivity contribution in [1.82, 2.24) is 10.2 Å². The number of rotatable bonds is 12. The van der Waals surface area contributed by atoms with Gasteiger partial charge in [0, 0.05) is 13.1 Å². The molecule has 1 N–H and O–H groups in total. The minimum absolute atomic E-state index is 0.220. The average molecular weight is 488 g/mol. The van der Waals surface area contributed by atoms with E-state index in [0.717, 1.165) is 33.7 Å². The highest BCUT2D eigenvalue weighted by molar-refractivity contribution is 7.92. The van der Waals surface area contributed by atoms with Crippen molar-refractivity contribution in [3.63, 3.8) is 0 Å². The molecule has 0 aliphatic carbocycles. The second-order valence-electron chi connectivity index (χ2n) is 8.58. The van der Waals surface area contributed by atoms with Crippen LogP contribution in [0.15, 0.2) is 48.5 Å². The van der Waals surface area contributed by atoms with Crippen LogP contribution in [0.4, 0.5) is 5.69 Å². The van der Waals surface area contributed by atoms with Gasteiger partial charge in [-0.3, -0.25) is 13.9 Å². The van der Waals surface area contributed by atoms with Crippen LogP contribution in [0.5, 0.6) is 0 Å². The Morgan fingerprint density at radius 3 is 2.24 bits per heavy atom. The standard InChI is InChI=1S/C26H37N3O4S/c1-6-16-27-26(31)24(7-2)28(17-15-22-11-9-8-10-12-22)25(30)19-29(34(5,32)33)23-14-13-20(3)21(4)18-23/h8-14,18,24H,6-7,15-17,19H2,1-5H3,(H,27,31)/t24-/m1/s1. The summed E-state index contributed by atoms with van der Waals surface area (Å²) in [6.07, 6.45) is 2.87. The zero-order valence-corrected chi connectivity index (χ0v) is 21.7. The van der Waals surface area contributed by atoms with E-state index in [9.17, 15) is 18.0 Å². The SMILES string of the molecule is CCCNC(=O)[C@@H](CC)N(CCc1ccccc1)C(=O)CN(c1ccc(C)c(C)c1)S(C)(=O)=O. The van der Waals surface area contributed by atoms with Gasteiger partial charge >= 0.3 is 0 Å². The van der Waals surface area contributed by atoms with Crippen molar-refractivity contribution in [3.05, 3.63) is 65.2 Å². The molecule has 0 spiro atoms. The Bertz CT molecular complexity index is 1070. The minimum atomic E-state index is -3.72. The predicted octanol–water partition coefficient (Wildman–Crippen LogP) is 3.45. The Morgan fingerprint density at radius 2 is 1.68 bits per heavy atom. The summed E-state index contributed by atoms with van der Waals surface area (Å²) in [7, 11) is -3.72. The highest BCUT2D eigenvalue weighted by atomic mass is 32.2. The number of nitrogens with one attached hydrogen (secondary N) is 1. The molecule has 8 heteroatoms. The van der Waals surface area contributed by atoms with Crippen molar-refractivity contribution in [2.45, 2.75) is 53.0 Å². The van der Waals surface area contributed by atoms with Gasteiger partial charge in [0.05, 0.1) is 11.9 Å². The zero-order chi connectivity index (χ0) is 25.3. The molecule has 0 bridgehead atoms. The fourth-order valence-corrected chi connectivity index (χ4v) is 4.60. The molecule has 2 aromatic carbocycles. The fraction of sp³-hybridized carbons (Fsp3) is 0.462. The summed E-state index contributed by atoms with van der Waals surface area (Å²) < 4.78 is 26.4. The molecule has 1 atom stereocenters. The van der Waals surface area contributed by atoms with Crippen molar-refractivity contribution >= 4 is 27.5 Å². The summed E-state index contributed by atoms with van der Waals surface area (Å²) in [4.78, 5) is 28.0. The van der Waals surface area contributed by atoms with E-state index in [1.165, 1.54) is 4.90 Å². The normalized spacial score (nSPS) is 12.1. The number of amides is 2. The molecule has 0 aliphatic rings. The summed E-state index contributed by atoms with van der Waals surface area (Å²) in [5.74, 6) is -0.624. The van der Waals surface area contributed by atoms with E-state index in [0.29, 0.717) is 31.6 Å². The predicted molar refractivity (Wildman–Crippen MR) is 137 cm³/mol. The van der Waals surface area contributed by atoms with Crippen LogP contribution in [-0.2, 0) is 26.0 Å². The zero-order valence-electron chi connectivity index (χ0n) is 20.9. The van der Waals surface area contributed by atoms with Crippen LogP contribution in [-0.4, -0.2) is 57.1 Å². The molecule has 2 aromatic rings. The van der Waals surface area contributed by atoms with Crippen LogP contribution in [0.2, 0.25) is 0 Å². The van der Waals surface area contributed by atoms with Gasteiger partial charge in [-0.15, -0.1) is 0 Å².